The lowest BCUT2D eigenvalue weighted by atomic mass is 10.1. The summed E-state index contributed by atoms with van der Waals surface area (Å²) in [6, 6.07) is 6.13. The first-order valence-corrected chi connectivity index (χ1v) is 11.4. The van der Waals surface area contributed by atoms with Crippen molar-refractivity contribution in [3.8, 4) is 39.8 Å². The average molecular weight is 464 g/mol. The summed E-state index contributed by atoms with van der Waals surface area (Å²) in [4.78, 5) is 9.39. The van der Waals surface area contributed by atoms with Gasteiger partial charge in [0.2, 0.25) is 0 Å². The highest BCUT2D eigenvalue weighted by Gasteiger charge is 2.23. The van der Waals surface area contributed by atoms with Crippen molar-refractivity contribution in [2.75, 3.05) is 6.61 Å². The molecule has 0 unspecified atom stereocenters. The van der Waals surface area contributed by atoms with Gasteiger partial charge >= 0.3 is 0 Å². The Morgan fingerprint density at radius 2 is 1.94 bits per heavy atom. The van der Waals surface area contributed by atoms with Crippen LogP contribution in [0.15, 0.2) is 36.8 Å². The molecule has 0 aliphatic carbocycles. The highest BCUT2D eigenvalue weighted by atomic mass is 16.5. The molecule has 5 rings (SSSR count). The molecule has 0 atom stereocenters. The van der Waals surface area contributed by atoms with E-state index in [4.69, 9.17) is 9.72 Å². The van der Waals surface area contributed by atoms with E-state index in [0.717, 1.165) is 28.3 Å². The molecule has 178 valence electrons. The second-order valence-electron chi connectivity index (χ2n) is 9.49. The van der Waals surface area contributed by atoms with E-state index in [2.05, 4.69) is 19.7 Å². The SMILES string of the molecule is CC(C)n1nc(CO)nc1-c1cn2c(n1)-c1ccc(-c3cnn(CC(C)(C)O)c3)cc1OCC2. The van der Waals surface area contributed by atoms with Crippen molar-refractivity contribution in [2.45, 2.75) is 59.0 Å². The number of rotatable bonds is 6. The Morgan fingerprint density at radius 1 is 1.12 bits per heavy atom. The Labute approximate surface area is 197 Å². The second-order valence-corrected chi connectivity index (χ2v) is 9.49. The van der Waals surface area contributed by atoms with E-state index in [0.29, 0.717) is 37.0 Å². The van der Waals surface area contributed by atoms with Gasteiger partial charge in [0.1, 0.15) is 30.5 Å². The van der Waals surface area contributed by atoms with Crippen LogP contribution >= 0.6 is 0 Å². The molecule has 34 heavy (non-hydrogen) atoms. The summed E-state index contributed by atoms with van der Waals surface area (Å²) in [7, 11) is 0. The van der Waals surface area contributed by atoms with Gasteiger partial charge in [0.25, 0.3) is 0 Å². The molecule has 1 aromatic carbocycles. The van der Waals surface area contributed by atoms with Gasteiger partial charge in [-0.3, -0.25) is 4.68 Å². The average Bonchev–Trinajstić information content (AvgIpc) is 3.49. The molecule has 0 amide bonds. The van der Waals surface area contributed by atoms with E-state index in [1.54, 1.807) is 29.4 Å². The van der Waals surface area contributed by atoms with Crippen molar-refractivity contribution in [2.24, 2.45) is 0 Å². The maximum Gasteiger partial charge on any atom is 0.179 e. The van der Waals surface area contributed by atoms with Gasteiger partial charge in [0, 0.05) is 24.0 Å². The summed E-state index contributed by atoms with van der Waals surface area (Å²) >= 11 is 0. The maximum atomic E-state index is 10.1. The van der Waals surface area contributed by atoms with Gasteiger partial charge in [0.05, 0.1) is 30.5 Å². The third kappa shape index (κ3) is 4.22. The highest BCUT2D eigenvalue weighted by Crippen LogP contribution is 2.37. The van der Waals surface area contributed by atoms with Crippen LogP contribution in [0.2, 0.25) is 0 Å². The van der Waals surface area contributed by atoms with Gasteiger partial charge in [-0.15, -0.1) is 0 Å². The predicted octanol–water partition coefficient (Wildman–Crippen LogP) is 2.91. The zero-order valence-corrected chi connectivity index (χ0v) is 19.8. The molecule has 3 aromatic heterocycles. The van der Waals surface area contributed by atoms with Crippen molar-refractivity contribution in [1.82, 2.24) is 34.1 Å². The molecule has 4 aromatic rings. The van der Waals surface area contributed by atoms with E-state index < -0.39 is 5.60 Å². The summed E-state index contributed by atoms with van der Waals surface area (Å²) in [5, 5.41) is 28.4. The minimum Gasteiger partial charge on any atom is -0.491 e. The van der Waals surface area contributed by atoms with Gasteiger partial charge in [-0.1, -0.05) is 6.07 Å². The standard InChI is InChI=1S/C24H29N7O3/c1-15(2)31-23(27-21(13-32)28-31)19-12-29-7-8-34-20-9-16(5-6-18(20)22(29)26-19)17-10-25-30(11-17)14-24(3,4)33/h5-6,9-12,15,32-33H,7-8,13-14H2,1-4H3. The zero-order chi connectivity index (χ0) is 24.0. The lowest BCUT2D eigenvalue weighted by Gasteiger charge is -2.16. The smallest absolute Gasteiger partial charge is 0.179 e. The number of ether oxygens (including phenoxy) is 1. The van der Waals surface area contributed by atoms with Gasteiger partial charge in [-0.2, -0.15) is 10.2 Å². The minimum absolute atomic E-state index is 0.0832. The summed E-state index contributed by atoms with van der Waals surface area (Å²) in [6.45, 7) is 8.92. The molecule has 1 aliphatic rings. The first-order valence-electron chi connectivity index (χ1n) is 11.4. The molecule has 0 spiro atoms. The molecule has 2 N–H and O–H groups in total. The van der Waals surface area contributed by atoms with Crippen molar-refractivity contribution in [1.29, 1.82) is 0 Å². The zero-order valence-electron chi connectivity index (χ0n) is 19.8. The first-order chi connectivity index (χ1) is 16.2. The molecule has 0 radical (unpaired) electrons. The van der Waals surface area contributed by atoms with Crippen LogP contribution in [0.3, 0.4) is 0 Å². The Morgan fingerprint density at radius 3 is 2.68 bits per heavy atom. The van der Waals surface area contributed by atoms with E-state index in [1.165, 1.54) is 0 Å². The summed E-state index contributed by atoms with van der Waals surface area (Å²) < 4.78 is 11.7. The lowest BCUT2D eigenvalue weighted by molar-refractivity contribution is 0.0577. The number of nitrogens with zero attached hydrogens (tertiary/aromatic N) is 7. The first kappa shape index (κ1) is 22.3. The molecule has 1 aliphatic heterocycles. The van der Waals surface area contributed by atoms with Crippen LogP contribution < -0.4 is 4.74 Å². The Balaban J connectivity index is 1.51. The molecule has 0 saturated heterocycles. The number of aromatic nitrogens is 7. The summed E-state index contributed by atoms with van der Waals surface area (Å²) in [5.41, 5.74) is 2.70. The molecule has 10 nitrogen and oxygen atoms in total. The fraction of sp³-hybridized carbons (Fsp3) is 0.417. The number of imidazole rings is 1. The number of aliphatic hydroxyl groups is 2. The van der Waals surface area contributed by atoms with Gasteiger partial charge in [-0.25, -0.2) is 14.6 Å². The molecule has 0 bridgehead atoms. The Hall–Kier alpha value is -3.50. The van der Waals surface area contributed by atoms with E-state index >= 15 is 0 Å². The lowest BCUT2D eigenvalue weighted by Crippen LogP contribution is -2.26. The molecule has 10 heteroatoms. The van der Waals surface area contributed by atoms with Crippen LogP contribution in [-0.2, 0) is 19.7 Å². The van der Waals surface area contributed by atoms with Crippen LogP contribution in [0, 0.1) is 0 Å². The number of hydrogen-bond acceptors (Lipinski definition) is 7. The van der Waals surface area contributed by atoms with Crippen molar-refractivity contribution in [3.05, 3.63) is 42.6 Å². The quantitative estimate of drug-likeness (QED) is 0.452. The monoisotopic (exact) mass is 463 g/mol. The van der Waals surface area contributed by atoms with Crippen molar-refractivity contribution >= 4 is 0 Å². The largest absolute Gasteiger partial charge is 0.491 e. The van der Waals surface area contributed by atoms with Crippen LogP contribution in [0.4, 0.5) is 0 Å². The molecular weight excluding hydrogens is 434 g/mol. The third-order valence-electron chi connectivity index (χ3n) is 5.64. The van der Waals surface area contributed by atoms with E-state index in [1.807, 2.05) is 44.4 Å². The second kappa shape index (κ2) is 8.37. The fourth-order valence-electron chi connectivity index (χ4n) is 4.13. The normalized spacial score (nSPS) is 13.5. The van der Waals surface area contributed by atoms with Crippen LogP contribution in [0.25, 0.3) is 34.0 Å². The predicted molar refractivity (Wildman–Crippen MR) is 126 cm³/mol. The molecule has 4 heterocycles. The highest BCUT2D eigenvalue weighted by molar-refractivity contribution is 5.74. The number of aliphatic hydroxyl groups excluding tert-OH is 1. The molecular formula is C24H29N7O3. The fourth-order valence-corrected chi connectivity index (χ4v) is 4.13. The van der Waals surface area contributed by atoms with Crippen molar-refractivity contribution in [3.63, 3.8) is 0 Å². The van der Waals surface area contributed by atoms with E-state index in [9.17, 15) is 10.2 Å². The van der Waals surface area contributed by atoms with Gasteiger partial charge < -0.3 is 19.5 Å². The van der Waals surface area contributed by atoms with Crippen molar-refractivity contribution < 1.29 is 14.9 Å². The van der Waals surface area contributed by atoms with Crippen LogP contribution in [0.5, 0.6) is 5.75 Å². The maximum absolute atomic E-state index is 10.1. The molecule has 0 saturated carbocycles. The third-order valence-corrected chi connectivity index (χ3v) is 5.64. The Kier molecular flexibility index (Phi) is 5.49. The molecule has 0 fully saturated rings. The Bertz CT molecular complexity index is 1330. The van der Waals surface area contributed by atoms with Crippen LogP contribution in [0.1, 0.15) is 39.6 Å². The summed E-state index contributed by atoms with van der Waals surface area (Å²) in [6.07, 6.45) is 5.68. The van der Waals surface area contributed by atoms with E-state index in [-0.39, 0.29) is 12.6 Å². The number of benzene rings is 1. The minimum atomic E-state index is -0.841. The number of fused-ring (bicyclic) bond motifs is 3. The summed E-state index contributed by atoms with van der Waals surface area (Å²) in [5.74, 6) is 2.57. The van der Waals surface area contributed by atoms with Crippen LogP contribution in [-0.4, -0.2) is 56.5 Å². The topological polar surface area (TPSA) is 116 Å². The van der Waals surface area contributed by atoms with Gasteiger partial charge in [-0.05, 0) is 45.4 Å². The number of hydrogen-bond donors (Lipinski definition) is 2. The van der Waals surface area contributed by atoms with Gasteiger partial charge in [0.15, 0.2) is 11.6 Å².